The molecule has 0 saturated heterocycles. The molecule has 1 N–H and O–H groups in total. The molecular weight excluding hydrogens is 325 g/mol. The second kappa shape index (κ2) is 4.67. The van der Waals surface area contributed by atoms with E-state index in [-0.39, 0.29) is 5.91 Å². The predicted molar refractivity (Wildman–Crippen MR) is 67.0 cm³/mol. The van der Waals surface area contributed by atoms with E-state index in [1.807, 2.05) is 24.3 Å². The Morgan fingerprint density at radius 1 is 1.33 bits per heavy atom. The number of nitrogens with zero attached hydrogens (tertiary/aromatic N) is 2. The first-order chi connectivity index (χ1) is 7.25. The number of anilines is 1. The molecule has 1 aromatic heterocycles. The first-order valence-electron chi connectivity index (χ1n) is 4.10. The van der Waals surface area contributed by atoms with E-state index in [4.69, 9.17) is 0 Å². The highest BCUT2D eigenvalue weighted by atomic mass is 127. The second-order valence-corrected chi connectivity index (χ2v) is 4.56. The summed E-state index contributed by atoms with van der Waals surface area (Å²) in [6, 6.07) is 7.55. The Kier molecular flexibility index (Phi) is 3.27. The summed E-state index contributed by atoms with van der Waals surface area (Å²) in [7, 11) is 0. The molecule has 15 heavy (non-hydrogen) atoms. The summed E-state index contributed by atoms with van der Waals surface area (Å²) in [4.78, 5) is 11.6. The minimum absolute atomic E-state index is 0.232. The van der Waals surface area contributed by atoms with Crippen molar-refractivity contribution in [3.63, 3.8) is 0 Å². The van der Waals surface area contributed by atoms with Crippen molar-refractivity contribution in [2.24, 2.45) is 0 Å². The van der Waals surface area contributed by atoms with Crippen LogP contribution in [0.15, 0.2) is 30.5 Å². The zero-order valence-corrected chi connectivity index (χ0v) is 10.4. The van der Waals surface area contributed by atoms with Gasteiger partial charge < -0.3 is 5.32 Å². The van der Waals surface area contributed by atoms with Gasteiger partial charge in [0.25, 0.3) is 5.91 Å². The summed E-state index contributed by atoms with van der Waals surface area (Å²) in [6.45, 7) is 0. The lowest BCUT2D eigenvalue weighted by molar-refractivity contribution is 0.102. The second-order valence-electron chi connectivity index (χ2n) is 2.75. The fourth-order valence-corrected chi connectivity index (χ4v) is 1.76. The minimum Gasteiger partial charge on any atom is -0.321 e. The Labute approximate surface area is 104 Å². The maximum absolute atomic E-state index is 11.6. The highest BCUT2D eigenvalue weighted by molar-refractivity contribution is 14.1. The average molecular weight is 331 g/mol. The predicted octanol–water partition coefficient (Wildman–Crippen LogP) is 2.40. The maximum Gasteiger partial charge on any atom is 0.277 e. The number of halogens is 1. The standard InChI is InChI=1S/C9H6IN3OS/c10-6-1-3-7(4-2-6)12-9(14)8-5-11-15-13-8/h1-5H,(H,12,14). The lowest BCUT2D eigenvalue weighted by atomic mass is 10.3. The zero-order chi connectivity index (χ0) is 10.7. The number of rotatable bonds is 2. The Morgan fingerprint density at radius 3 is 2.67 bits per heavy atom. The van der Waals surface area contributed by atoms with E-state index >= 15 is 0 Å². The van der Waals surface area contributed by atoms with Crippen LogP contribution < -0.4 is 5.32 Å². The Hall–Kier alpha value is -1.02. The van der Waals surface area contributed by atoms with Crippen molar-refractivity contribution < 1.29 is 4.79 Å². The molecule has 0 aliphatic heterocycles. The van der Waals surface area contributed by atoms with Crippen molar-refractivity contribution in [1.82, 2.24) is 8.75 Å². The van der Waals surface area contributed by atoms with E-state index in [0.717, 1.165) is 21.0 Å². The molecule has 0 aliphatic carbocycles. The number of hydrogen-bond acceptors (Lipinski definition) is 4. The van der Waals surface area contributed by atoms with E-state index in [1.165, 1.54) is 6.20 Å². The lowest BCUT2D eigenvalue weighted by Gasteiger charge is -2.01. The molecule has 1 aromatic carbocycles. The number of hydrogen-bond donors (Lipinski definition) is 1. The molecule has 6 heteroatoms. The quantitative estimate of drug-likeness (QED) is 0.860. The summed E-state index contributed by atoms with van der Waals surface area (Å²) in [5.41, 5.74) is 1.10. The molecule has 1 heterocycles. The van der Waals surface area contributed by atoms with Crippen LogP contribution in [0.4, 0.5) is 5.69 Å². The molecular formula is C9H6IN3OS. The lowest BCUT2D eigenvalue weighted by Crippen LogP contribution is -2.11. The number of nitrogens with one attached hydrogen (secondary N) is 1. The number of amides is 1. The van der Waals surface area contributed by atoms with Crippen LogP contribution >= 0.6 is 34.3 Å². The molecule has 0 saturated carbocycles. The van der Waals surface area contributed by atoms with Gasteiger partial charge in [0.15, 0.2) is 5.69 Å². The molecule has 0 spiro atoms. The van der Waals surface area contributed by atoms with Crippen LogP contribution in [0.1, 0.15) is 10.5 Å². The number of aromatic nitrogens is 2. The minimum atomic E-state index is -0.232. The Morgan fingerprint density at radius 2 is 2.07 bits per heavy atom. The third kappa shape index (κ3) is 2.72. The van der Waals surface area contributed by atoms with Gasteiger partial charge in [-0.2, -0.15) is 8.75 Å². The first-order valence-corrected chi connectivity index (χ1v) is 5.91. The van der Waals surface area contributed by atoms with Crippen LogP contribution in [0, 0.1) is 3.57 Å². The van der Waals surface area contributed by atoms with Gasteiger partial charge in [-0.05, 0) is 46.9 Å². The van der Waals surface area contributed by atoms with Gasteiger partial charge >= 0.3 is 0 Å². The maximum atomic E-state index is 11.6. The fraction of sp³-hybridized carbons (Fsp3) is 0. The van der Waals surface area contributed by atoms with E-state index in [1.54, 1.807) is 0 Å². The molecule has 0 atom stereocenters. The van der Waals surface area contributed by atoms with Gasteiger partial charge in [0.2, 0.25) is 0 Å². The number of carbonyl (C=O) groups excluding carboxylic acids is 1. The highest BCUT2D eigenvalue weighted by Crippen LogP contribution is 2.12. The SMILES string of the molecule is O=C(Nc1ccc(I)cc1)c1cnsn1. The number of benzene rings is 1. The fourth-order valence-electron chi connectivity index (χ4n) is 0.993. The van der Waals surface area contributed by atoms with E-state index < -0.39 is 0 Å². The third-order valence-electron chi connectivity index (χ3n) is 1.70. The van der Waals surface area contributed by atoms with Crippen LogP contribution in [0.25, 0.3) is 0 Å². The molecule has 0 aliphatic rings. The van der Waals surface area contributed by atoms with Gasteiger partial charge in [-0.3, -0.25) is 4.79 Å². The molecule has 1 amide bonds. The van der Waals surface area contributed by atoms with Crippen LogP contribution in [0.3, 0.4) is 0 Å². The van der Waals surface area contributed by atoms with Crippen molar-refractivity contribution in [3.05, 3.63) is 39.7 Å². The Bertz CT molecular complexity index is 455. The van der Waals surface area contributed by atoms with Crippen LogP contribution in [0.5, 0.6) is 0 Å². The van der Waals surface area contributed by atoms with Crippen LogP contribution in [0.2, 0.25) is 0 Å². The Balaban J connectivity index is 2.09. The van der Waals surface area contributed by atoms with Crippen LogP contribution in [-0.2, 0) is 0 Å². The van der Waals surface area contributed by atoms with Gasteiger partial charge in [0.1, 0.15) is 0 Å². The molecule has 0 fully saturated rings. The van der Waals surface area contributed by atoms with Gasteiger partial charge in [-0.15, -0.1) is 0 Å². The smallest absolute Gasteiger partial charge is 0.277 e. The molecule has 0 bridgehead atoms. The highest BCUT2D eigenvalue weighted by Gasteiger charge is 2.08. The molecule has 2 aromatic rings. The third-order valence-corrected chi connectivity index (χ3v) is 2.89. The molecule has 2 rings (SSSR count). The largest absolute Gasteiger partial charge is 0.321 e. The zero-order valence-electron chi connectivity index (χ0n) is 7.48. The van der Waals surface area contributed by atoms with Crippen molar-refractivity contribution >= 4 is 45.9 Å². The summed E-state index contributed by atoms with van der Waals surface area (Å²) in [6.07, 6.45) is 1.45. The van der Waals surface area contributed by atoms with E-state index in [9.17, 15) is 4.79 Å². The summed E-state index contributed by atoms with van der Waals surface area (Å²) in [5.74, 6) is -0.232. The topological polar surface area (TPSA) is 54.9 Å². The molecule has 76 valence electrons. The number of carbonyl (C=O) groups is 1. The van der Waals surface area contributed by atoms with E-state index in [2.05, 4.69) is 36.7 Å². The average Bonchev–Trinajstić information content (AvgIpc) is 2.74. The van der Waals surface area contributed by atoms with Crippen molar-refractivity contribution in [1.29, 1.82) is 0 Å². The summed E-state index contributed by atoms with van der Waals surface area (Å²) < 4.78 is 8.74. The van der Waals surface area contributed by atoms with Crippen molar-refractivity contribution in [3.8, 4) is 0 Å². The van der Waals surface area contributed by atoms with Crippen molar-refractivity contribution in [2.75, 3.05) is 5.32 Å². The summed E-state index contributed by atoms with van der Waals surface area (Å²) in [5, 5.41) is 2.73. The summed E-state index contributed by atoms with van der Waals surface area (Å²) >= 11 is 3.23. The van der Waals surface area contributed by atoms with E-state index in [0.29, 0.717) is 5.69 Å². The van der Waals surface area contributed by atoms with Crippen molar-refractivity contribution in [2.45, 2.75) is 0 Å². The normalized spacial score (nSPS) is 9.93. The monoisotopic (exact) mass is 331 g/mol. The molecule has 4 nitrogen and oxygen atoms in total. The molecule has 0 radical (unpaired) electrons. The van der Waals surface area contributed by atoms with Gasteiger partial charge in [-0.1, -0.05) is 0 Å². The molecule has 0 unspecified atom stereocenters. The van der Waals surface area contributed by atoms with Gasteiger partial charge in [0.05, 0.1) is 17.9 Å². The van der Waals surface area contributed by atoms with Crippen LogP contribution in [-0.4, -0.2) is 14.7 Å². The van der Waals surface area contributed by atoms with Gasteiger partial charge in [-0.25, -0.2) is 0 Å². The first kappa shape index (κ1) is 10.5. The van der Waals surface area contributed by atoms with Gasteiger partial charge in [0, 0.05) is 9.26 Å².